The molecule has 1 fully saturated rings. The third kappa shape index (κ3) is 1.92. The topological polar surface area (TPSA) is 6.48 Å². The van der Waals surface area contributed by atoms with E-state index in [0.29, 0.717) is 6.71 Å². The first-order valence-corrected chi connectivity index (χ1v) is 13.6. The minimum absolute atomic E-state index is 0.0133. The molecule has 5 aliphatic rings. The van der Waals surface area contributed by atoms with E-state index in [1.165, 1.54) is 53.7 Å². The van der Waals surface area contributed by atoms with Crippen LogP contribution in [-0.2, 0) is 10.8 Å². The summed E-state index contributed by atoms with van der Waals surface area (Å²) in [5, 5.41) is 0. The molecule has 4 heterocycles. The van der Waals surface area contributed by atoms with Gasteiger partial charge in [0.05, 0.1) is 5.54 Å². The van der Waals surface area contributed by atoms with Crippen LogP contribution >= 0.6 is 0 Å². The first-order valence-electron chi connectivity index (χ1n) is 13.6. The first kappa shape index (κ1) is 20.5. The lowest BCUT2D eigenvalue weighted by Crippen LogP contribution is -2.65. The SMILES string of the molecule is CC1(C)c2cc3c4c5c2N(c2ccccc2B5c2ccccc2N4C2(C)CCCCC32C)C1(C)C. The second-order valence-electron chi connectivity index (χ2n) is 13.3. The maximum Gasteiger partial charge on any atom is 0.252 e. The van der Waals surface area contributed by atoms with Gasteiger partial charge in [-0.3, -0.25) is 0 Å². The quantitative estimate of drug-likeness (QED) is 0.394. The summed E-state index contributed by atoms with van der Waals surface area (Å²) >= 11 is 0. The number of benzene rings is 3. The van der Waals surface area contributed by atoms with Crippen molar-refractivity contribution in [2.24, 2.45) is 0 Å². The van der Waals surface area contributed by atoms with Crippen molar-refractivity contribution in [3.63, 3.8) is 0 Å². The summed E-state index contributed by atoms with van der Waals surface area (Å²) < 4.78 is 0. The molecular formula is C32H35BN2. The van der Waals surface area contributed by atoms with Crippen LogP contribution in [-0.4, -0.2) is 17.8 Å². The van der Waals surface area contributed by atoms with E-state index in [2.05, 4.69) is 106 Å². The average molecular weight is 458 g/mol. The van der Waals surface area contributed by atoms with Crippen LogP contribution in [0.5, 0.6) is 0 Å². The Morgan fingerprint density at radius 2 is 1.26 bits per heavy atom. The number of fused-ring (bicyclic) bond motifs is 9. The molecule has 3 heteroatoms. The molecule has 0 spiro atoms. The van der Waals surface area contributed by atoms with Crippen molar-refractivity contribution in [1.82, 2.24) is 0 Å². The summed E-state index contributed by atoms with van der Waals surface area (Å²) in [5.41, 5.74) is 13.9. The van der Waals surface area contributed by atoms with Crippen LogP contribution < -0.4 is 26.2 Å². The Labute approximate surface area is 210 Å². The van der Waals surface area contributed by atoms with Gasteiger partial charge < -0.3 is 9.80 Å². The van der Waals surface area contributed by atoms with Gasteiger partial charge in [0, 0.05) is 39.1 Å². The highest BCUT2D eigenvalue weighted by Crippen LogP contribution is 2.65. The van der Waals surface area contributed by atoms with Crippen molar-refractivity contribution < 1.29 is 0 Å². The molecule has 4 aliphatic heterocycles. The molecule has 1 aliphatic carbocycles. The standard InChI is InChI=1S/C32H35BN2/c1-29(2)20-19-21-28-26-27(20)34(30(29,3)4)24-15-9-7-13-22(24)33(26)23-14-8-10-16-25(23)35(28)32(6)18-12-11-17-31(21,32)5/h7-10,13-16,19H,11-12,17-18H2,1-6H3. The van der Waals surface area contributed by atoms with Gasteiger partial charge in [-0.15, -0.1) is 0 Å². The Balaban J connectivity index is 1.60. The highest BCUT2D eigenvalue weighted by molar-refractivity contribution is 7.00. The van der Waals surface area contributed by atoms with E-state index < -0.39 is 0 Å². The molecule has 35 heavy (non-hydrogen) atoms. The molecule has 1 saturated carbocycles. The molecular weight excluding hydrogens is 423 g/mol. The zero-order chi connectivity index (χ0) is 24.1. The fraction of sp³-hybridized carbons (Fsp3) is 0.438. The van der Waals surface area contributed by atoms with Crippen LogP contribution in [0.2, 0.25) is 0 Å². The van der Waals surface area contributed by atoms with E-state index in [-0.39, 0.29) is 21.9 Å². The summed E-state index contributed by atoms with van der Waals surface area (Å²) in [6.07, 6.45) is 5.20. The van der Waals surface area contributed by atoms with Crippen LogP contribution in [0.15, 0.2) is 54.6 Å². The minimum atomic E-state index is -0.0133. The van der Waals surface area contributed by atoms with Crippen molar-refractivity contribution in [3.8, 4) is 0 Å². The molecule has 0 N–H and O–H groups in total. The molecule has 0 aromatic heterocycles. The summed E-state index contributed by atoms with van der Waals surface area (Å²) in [5.74, 6) is 0. The lowest BCUT2D eigenvalue weighted by Gasteiger charge is -2.52. The molecule has 2 nitrogen and oxygen atoms in total. The second-order valence-corrected chi connectivity index (χ2v) is 13.3. The Kier molecular flexibility index (Phi) is 3.41. The highest BCUT2D eigenvalue weighted by atomic mass is 15.3. The summed E-state index contributed by atoms with van der Waals surface area (Å²) in [4.78, 5) is 5.55. The van der Waals surface area contributed by atoms with Crippen molar-refractivity contribution in [3.05, 3.63) is 65.7 Å². The van der Waals surface area contributed by atoms with E-state index in [0.717, 1.165) is 0 Å². The highest BCUT2D eigenvalue weighted by Gasteiger charge is 2.64. The molecule has 0 radical (unpaired) electrons. The van der Waals surface area contributed by atoms with Crippen molar-refractivity contribution in [2.75, 3.05) is 9.80 Å². The summed E-state index contributed by atoms with van der Waals surface area (Å²) in [6, 6.07) is 21.3. The van der Waals surface area contributed by atoms with Gasteiger partial charge in [-0.25, -0.2) is 0 Å². The third-order valence-corrected chi connectivity index (χ3v) is 11.7. The molecule has 0 saturated heterocycles. The normalized spacial score (nSPS) is 29.5. The van der Waals surface area contributed by atoms with Crippen LogP contribution in [0.3, 0.4) is 0 Å². The van der Waals surface area contributed by atoms with Crippen molar-refractivity contribution >= 4 is 45.9 Å². The zero-order valence-electron chi connectivity index (χ0n) is 22.0. The van der Waals surface area contributed by atoms with E-state index in [1.54, 1.807) is 22.3 Å². The van der Waals surface area contributed by atoms with Gasteiger partial charge in [0.1, 0.15) is 0 Å². The summed E-state index contributed by atoms with van der Waals surface area (Å²) in [6.45, 7) is 15.4. The summed E-state index contributed by atoms with van der Waals surface area (Å²) in [7, 11) is 0. The maximum absolute atomic E-state index is 2.83. The maximum atomic E-state index is 2.83. The second kappa shape index (κ2) is 5.82. The molecule has 3 aromatic carbocycles. The van der Waals surface area contributed by atoms with Crippen LogP contribution in [0.1, 0.15) is 78.4 Å². The van der Waals surface area contributed by atoms with Gasteiger partial charge >= 0.3 is 0 Å². The number of hydrogen-bond donors (Lipinski definition) is 0. The smallest absolute Gasteiger partial charge is 0.252 e. The predicted molar refractivity (Wildman–Crippen MR) is 150 cm³/mol. The van der Waals surface area contributed by atoms with Gasteiger partial charge in [0.25, 0.3) is 6.71 Å². The number of para-hydroxylation sites is 2. The molecule has 0 amide bonds. The Bertz CT molecular complexity index is 1470. The fourth-order valence-corrected chi connectivity index (χ4v) is 8.90. The van der Waals surface area contributed by atoms with Gasteiger partial charge in [-0.05, 0) is 73.3 Å². The van der Waals surface area contributed by atoms with Crippen LogP contribution in [0, 0.1) is 0 Å². The molecule has 3 aromatic rings. The Hall–Kier alpha value is -2.68. The first-order chi connectivity index (χ1) is 16.6. The van der Waals surface area contributed by atoms with Gasteiger partial charge in [0.15, 0.2) is 0 Å². The van der Waals surface area contributed by atoms with Crippen LogP contribution in [0.25, 0.3) is 0 Å². The number of nitrogens with zero attached hydrogens (tertiary/aromatic N) is 2. The predicted octanol–water partition coefficient (Wildman–Crippen LogP) is 5.78. The van der Waals surface area contributed by atoms with Crippen molar-refractivity contribution in [2.45, 2.75) is 89.1 Å². The number of rotatable bonds is 0. The lowest BCUT2D eigenvalue weighted by atomic mass is 9.33. The van der Waals surface area contributed by atoms with E-state index in [4.69, 9.17) is 0 Å². The van der Waals surface area contributed by atoms with Gasteiger partial charge in [-0.1, -0.05) is 76.1 Å². The van der Waals surface area contributed by atoms with Crippen molar-refractivity contribution in [1.29, 1.82) is 0 Å². The Morgan fingerprint density at radius 3 is 1.94 bits per heavy atom. The molecule has 176 valence electrons. The Morgan fingerprint density at radius 1 is 0.686 bits per heavy atom. The zero-order valence-corrected chi connectivity index (χ0v) is 22.0. The monoisotopic (exact) mass is 458 g/mol. The average Bonchev–Trinajstić information content (AvgIpc) is 3.15. The number of hydrogen-bond acceptors (Lipinski definition) is 2. The van der Waals surface area contributed by atoms with E-state index in [9.17, 15) is 0 Å². The lowest BCUT2D eigenvalue weighted by molar-refractivity contribution is 0.195. The molecule has 0 bridgehead atoms. The fourth-order valence-electron chi connectivity index (χ4n) is 8.90. The largest absolute Gasteiger partial charge is 0.336 e. The minimum Gasteiger partial charge on any atom is -0.336 e. The number of anilines is 4. The van der Waals surface area contributed by atoms with E-state index >= 15 is 0 Å². The molecule has 2 unspecified atom stereocenters. The van der Waals surface area contributed by atoms with E-state index in [1.807, 2.05) is 0 Å². The van der Waals surface area contributed by atoms with Crippen LogP contribution in [0.4, 0.5) is 22.7 Å². The molecule has 2 atom stereocenters. The van der Waals surface area contributed by atoms with Gasteiger partial charge in [0.2, 0.25) is 0 Å². The van der Waals surface area contributed by atoms with Gasteiger partial charge in [-0.2, -0.15) is 0 Å². The molecule has 8 rings (SSSR count). The third-order valence-electron chi connectivity index (χ3n) is 11.7.